The summed E-state index contributed by atoms with van der Waals surface area (Å²) in [4.78, 5) is 26.9. The molecule has 0 spiro atoms. The maximum Gasteiger partial charge on any atom is 0.524 e. The fourth-order valence-corrected chi connectivity index (χ4v) is 0.694. The molecule has 0 heterocycles. The minimum Gasteiger partial charge on any atom is -0.399 e. The molecule has 0 aliphatic rings. The summed E-state index contributed by atoms with van der Waals surface area (Å²) >= 11 is 0. The smallest absolute Gasteiger partial charge is 0.399 e. The average molecular weight is 181 g/mol. The molecule has 0 radical (unpaired) electrons. The number of nitrogens with one attached hydrogen (secondary N) is 1. The Morgan fingerprint density at radius 1 is 1.64 bits per heavy atom. The van der Waals surface area contributed by atoms with Crippen LogP contribution in [0.3, 0.4) is 0 Å². The molecule has 1 amide bonds. The number of carbonyl (C=O) groups excluding carboxylic acids is 1. The van der Waals surface area contributed by atoms with Gasteiger partial charge in [0.05, 0.1) is 0 Å². The van der Waals surface area contributed by atoms with Crippen LogP contribution in [0.4, 0.5) is 0 Å². The Morgan fingerprint density at radius 3 is 2.36 bits per heavy atom. The van der Waals surface area contributed by atoms with E-state index in [0.717, 1.165) is 0 Å². The second-order valence-electron chi connectivity index (χ2n) is 1.58. The highest BCUT2D eigenvalue weighted by Crippen LogP contribution is 2.38. The molecule has 0 aromatic heterocycles. The maximum absolute atomic E-state index is 10.5. The zero-order valence-electron chi connectivity index (χ0n) is 5.77. The van der Waals surface area contributed by atoms with Gasteiger partial charge in [-0.1, -0.05) is 6.58 Å². The van der Waals surface area contributed by atoms with Gasteiger partial charge in [0.15, 0.2) is 5.76 Å². The third-order valence-corrected chi connectivity index (χ3v) is 1.17. The van der Waals surface area contributed by atoms with Gasteiger partial charge in [0.1, 0.15) is 0 Å². The van der Waals surface area contributed by atoms with Crippen LogP contribution in [0.1, 0.15) is 0 Å². The molecule has 3 N–H and O–H groups in total. The van der Waals surface area contributed by atoms with E-state index in [1.165, 1.54) is 7.05 Å². The first-order valence-corrected chi connectivity index (χ1v) is 4.06. The quantitative estimate of drug-likeness (QED) is 0.305. The predicted octanol–water partition coefficient (Wildman–Crippen LogP) is -0.645. The van der Waals surface area contributed by atoms with Crippen molar-refractivity contribution in [2.24, 2.45) is 0 Å². The third kappa shape index (κ3) is 4.55. The topological polar surface area (TPSA) is 95.9 Å². The van der Waals surface area contributed by atoms with Crippen molar-refractivity contribution in [2.45, 2.75) is 0 Å². The Bertz CT molecular complexity index is 219. The minimum absolute atomic E-state index is 0.610. The molecule has 0 aromatic rings. The Morgan fingerprint density at radius 2 is 2.09 bits per heavy atom. The van der Waals surface area contributed by atoms with E-state index in [2.05, 4.69) is 16.4 Å². The van der Waals surface area contributed by atoms with Crippen molar-refractivity contribution in [1.29, 1.82) is 0 Å². The highest BCUT2D eigenvalue weighted by Gasteiger charge is 2.19. The van der Waals surface area contributed by atoms with Crippen molar-refractivity contribution in [1.82, 2.24) is 5.32 Å². The van der Waals surface area contributed by atoms with Crippen LogP contribution < -0.4 is 5.32 Å². The molecule has 6 nitrogen and oxygen atoms in total. The Balaban J connectivity index is 4.10. The molecule has 0 aromatic carbocycles. The van der Waals surface area contributed by atoms with E-state index in [1.807, 2.05) is 0 Å². The van der Waals surface area contributed by atoms with Crippen molar-refractivity contribution in [3.8, 4) is 0 Å². The number of carbonyl (C=O) groups is 1. The Labute approximate surface area is 63.1 Å². The molecule has 0 fully saturated rings. The van der Waals surface area contributed by atoms with Crippen molar-refractivity contribution in [3.05, 3.63) is 12.3 Å². The number of rotatable bonds is 3. The van der Waals surface area contributed by atoms with E-state index in [9.17, 15) is 9.36 Å². The summed E-state index contributed by atoms with van der Waals surface area (Å²) in [5.41, 5.74) is 0. The molecule has 0 saturated heterocycles. The van der Waals surface area contributed by atoms with Crippen LogP contribution in [-0.2, 0) is 13.9 Å². The first kappa shape index (κ1) is 10.2. The van der Waals surface area contributed by atoms with Gasteiger partial charge in [-0.2, -0.15) is 0 Å². The molecule has 0 unspecified atom stereocenters. The molecular formula is C4H8NO5P. The van der Waals surface area contributed by atoms with Crippen LogP contribution in [-0.4, -0.2) is 22.7 Å². The molecule has 0 atom stereocenters. The Hall–Kier alpha value is -0.840. The van der Waals surface area contributed by atoms with E-state index >= 15 is 0 Å². The summed E-state index contributed by atoms with van der Waals surface area (Å²) in [7, 11) is -3.36. The van der Waals surface area contributed by atoms with Crippen molar-refractivity contribution < 1.29 is 23.7 Å². The number of likely N-dealkylation sites (N-methyl/N-ethyl adjacent to an activating group) is 1. The summed E-state index contributed by atoms with van der Waals surface area (Å²) in [6.07, 6.45) is 0. The van der Waals surface area contributed by atoms with Crippen LogP contribution >= 0.6 is 7.82 Å². The second kappa shape index (κ2) is 3.52. The van der Waals surface area contributed by atoms with Crippen LogP contribution in [0.2, 0.25) is 0 Å². The molecule has 64 valence electrons. The van der Waals surface area contributed by atoms with Crippen LogP contribution in [0.25, 0.3) is 0 Å². The summed E-state index contributed by atoms with van der Waals surface area (Å²) in [6.45, 7) is 2.98. The maximum atomic E-state index is 10.5. The summed E-state index contributed by atoms with van der Waals surface area (Å²) < 4.78 is 13.9. The van der Waals surface area contributed by atoms with Crippen molar-refractivity contribution >= 4 is 13.7 Å². The lowest BCUT2D eigenvalue weighted by atomic mass is 10.5. The lowest BCUT2D eigenvalue weighted by Crippen LogP contribution is -2.20. The molecular weight excluding hydrogens is 173 g/mol. The van der Waals surface area contributed by atoms with Gasteiger partial charge >= 0.3 is 7.82 Å². The summed E-state index contributed by atoms with van der Waals surface area (Å²) in [5, 5.41) is 2.08. The normalized spacial score (nSPS) is 10.5. The van der Waals surface area contributed by atoms with Gasteiger partial charge in [-0.3, -0.25) is 14.6 Å². The zero-order chi connectivity index (χ0) is 9.07. The number of phosphoric acid groups is 1. The van der Waals surface area contributed by atoms with Crippen LogP contribution in [0.15, 0.2) is 12.3 Å². The third-order valence-electron chi connectivity index (χ3n) is 0.709. The summed E-state index contributed by atoms with van der Waals surface area (Å²) in [5.74, 6) is -1.38. The SMILES string of the molecule is C=C(OP(=O)(O)O)C(=O)NC. The molecule has 0 rings (SSSR count). The van der Waals surface area contributed by atoms with E-state index in [1.54, 1.807) is 0 Å². The average Bonchev–Trinajstić information content (AvgIpc) is 1.82. The molecule has 7 heteroatoms. The molecule has 0 aliphatic heterocycles. The standard InChI is InChI=1S/C4H8NO5P/c1-3(4(6)5-2)10-11(7,8)9/h1H2,2H3,(H,5,6)(H2,7,8,9). The van der Waals surface area contributed by atoms with E-state index in [-0.39, 0.29) is 0 Å². The van der Waals surface area contributed by atoms with E-state index in [0.29, 0.717) is 0 Å². The molecule has 0 bridgehead atoms. The lowest BCUT2D eigenvalue weighted by molar-refractivity contribution is -0.119. The minimum atomic E-state index is -4.65. The molecule has 11 heavy (non-hydrogen) atoms. The van der Waals surface area contributed by atoms with Crippen molar-refractivity contribution in [2.75, 3.05) is 7.05 Å². The van der Waals surface area contributed by atoms with Crippen molar-refractivity contribution in [3.63, 3.8) is 0 Å². The van der Waals surface area contributed by atoms with Gasteiger partial charge in [0.2, 0.25) is 0 Å². The van der Waals surface area contributed by atoms with Gasteiger partial charge in [-0.05, 0) is 0 Å². The second-order valence-corrected chi connectivity index (χ2v) is 2.75. The zero-order valence-corrected chi connectivity index (χ0v) is 6.67. The van der Waals surface area contributed by atoms with Gasteiger partial charge in [-0.25, -0.2) is 4.57 Å². The lowest BCUT2D eigenvalue weighted by Gasteiger charge is -2.06. The predicted molar refractivity (Wildman–Crippen MR) is 36.3 cm³/mol. The number of amides is 1. The van der Waals surface area contributed by atoms with Crippen LogP contribution in [0.5, 0.6) is 0 Å². The fraction of sp³-hybridized carbons (Fsp3) is 0.250. The number of hydrogen-bond donors (Lipinski definition) is 3. The van der Waals surface area contributed by atoms with Crippen LogP contribution in [0, 0.1) is 0 Å². The summed E-state index contributed by atoms with van der Waals surface area (Å²) in [6, 6.07) is 0. The van der Waals surface area contributed by atoms with Gasteiger partial charge in [0.25, 0.3) is 5.91 Å². The fourth-order valence-electron chi connectivity index (χ4n) is 0.324. The Kier molecular flexibility index (Phi) is 3.25. The highest BCUT2D eigenvalue weighted by molar-refractivity contribution is 7.46. The largest absolute Gasteiger partial charge is 0.524 e. The molecule has 0 aliphatic carbocycles. The monoisotopic (exact) mass is 181 g/mol. The highest BCUT2D eigenvalue weighted by atomic mass is 31.2. The number of hydrogen-bond acceptors (Lipinski definition) is 3. The van der Waals surface area contributed by atoms with Gasteiger partial charge < -0.3 is 9.84 Å². The molecule has 0 saturated carbocycles. The number of phosphoric ester groups is 1. The van der Waals surface area contributed by atoms with E-state index < -0.39 is 19.5 Å². The van der Waals surface area contributed by atoms with Gasteiger partial charge in [0, 0.05) is 7.05 Å². The van der Waals surface area contributed by atoms with Gasteiger partial charge in [-0.15, -0.1) is 0 Å². The first-order chi connectivity index (χ1) is 4.87. The first-order valence-electron chi connectivity index (χ1n) is 2.53. The van der Waals surface area contributed by atoms with E-state index in [4.69, 9.17) is 9.79 Å².